The number of methoxy groups -OCH3 is 1. The van der Waals surface area contributed by atoms with Crippen molar-refractivity contribution in [1.82, 2.24) is 4.90 Å². The molecule has 44 heavy (non-hydrogen) atoms. The number of hydrogen-bond acceptors (Lipinski definition) is 4. The summed E-state index contributed by atoms with van der Waals surface area (Å²) in [6.07, 6.45) is -5.80. The van der Waals surface area contributed by atoms with Crippen LogP contribution in [0.4, 0.5) is 18.0 Å². The molecule has 1 saturated heterocycles. The minimum absolute atomic E-state index is 0.0318. The van der Waals surface area contributed by atoms with Crippen LogP contribution in [0.5, 0.6) is 5.75 Å². The average Bonchev–Trinajstić information content (AvgIpc) is 3.24. The molecule has 0 spiro atoms. The van der Waals surface area contributed by atoms with Crippen molar-refractivity contribution in [2.75, 3.05) is 7.11 Å². The molecule has 1 fully saturated rings. The summed E-state index contributed by atoms with van der Waals surface area (Å²) in [7, 11) is 1.57. The lowest BCUT2D eigenvalue weighted by Crippen LogP contribution is -2.31. The molecule has 4 aromatic rings. The molecule has 1 heterocycles. The number of nitrogens with zero attached hydrogens (tertiary/aromatic N) is 1. The van der Waals surface area contributed by atoms with Crippen molar-refractivity contribution in [2.45, 2.75) is 52.6 Å². The van der Waals surface area contributed by atoms with E-state index in [0.29, 0.717) is 27.5 Å². The molecule has 0 aromatic heterocycles. The van der Waals surface area contributed by atoms with Crippen LogP contribution in [0.25, 0.3) is 22.3 Å². The number of rotatable bonds is 7. The van der Waals surface area contributed by atoms with Crippen LogP contribution >= 0.6 is 11.6 Å². The van der Waals surface area contributed by atoms with Crippen LogP contribution in [0.2, 0.25) is 5.02 Å². The van der Waals surface area contributed by atoms with Crippen molar-refractivity contribution in [3.8, 4) is 28.0 Å². The van der Waals surface area contributed by atoms with E-state index in [1.165, 1.54) is 11.8 Å². The molecular weight excluding hydrogens is 591 g/mol. The molecule has 0 N–H and O–H groups in total. The summed E-state index contributed by atoms with van der Waals surface area (Å²) in [5.41, 5.74) is 5.29. The largest absolute Gasteiger partial charge is 0.496 e. The highest BCUT2D eigenvalue weighted by molar-refractivity contribution is 6.33. The summed E-state index contributed by atoms with van der Waals surface area (Å²) in [5.74, 6) is 0.499. The zero-order chi connectivity index (χ0) is 31.9. The van der Waals surface area contributed by atoms with Gasteiger partial charge in [0.15, 0.2) is 5.78 Å². The van der Waals surface area contributed by atoms with Crippen molar-refractivity contribution in [2.24, 2.45) is 0 Å². The van der Waals surface area contributed by atoms with E-state index in [4.69, 9.17) is 21.1 Å². The third-order valence-corrected chi connectivity index (χ3v) is 8.21. The Morgan fingerprint density at radius 2 is 1.66 bits per heavy atom. The number of hydrogen-bond donors (Lipinski definition) is 0. The van der Waals surface area contributed by atoms with Gasteiger partial charge in [-0.3, -0.25) is 9.69 Å². The monoisotopic (exact) mass is 621 g/mol. The number of cyclic esters (lactones) is 1. The summed E-state index contributed by atoms with van der Waals surface area (Å²) >= 11 is 6.59. The first-order chi connectivity index (χ1) is 20.8. The van der Waals surface area contributed by atoms with E-state index in [-0.39, 0.29) is 12.3 Å². The highest BCUT2D eigenvalue weighted by Gasteiger charge is 2.41. The Balaban J connectivity index is 1.54. The first kappa shape index (κ1) is 31.1. The lowest BCUT2D eigenvalue weighted by molar-refractivity contribution is -0.137. The van der Waals surface area contributed by atoms with Crippen LogP contribution in [0.3, 0.4) is 0 Å². The Kier molecular flexibility index (Phi) is 8.49. The van der Waals surface area contributed by atoms with Gasteiger partial charge in [0.1, 0.15) is 11.9 Å². The number of alkyl halides is 3. The highest BCUT2D eigenvalue weighted by atomic mass is 35.5. The van der Waals surface area contributed by atoms with Gasteiger partial charge >= 0.3 is 12.3 Å². The molecule has 2 atom stereocenters. The molecule has 0 bridgehead atoms. The summed E-state index contributed by atoms with van der Waals surface area (Å²) in [6, 6.07) is 20.0. The summed E-state index contributed by atoms with van der Waals surface area (Å²) < 4.78 is 52.1. The molecular formula is C35H31ClF3NO4. The SMILES string of the molecule is COc1ccc(-c2ccc(C(C)=O)cc2Cl)cc1-c1ccc(C)cc1C1OC(=O)N(Cc2cc(C)cc(C(F)(F)F)c2)[C@@H]1C. The fraction of sp³-hybridized carbons (Fsp3) is 0.257. The second-order valence-electron chi connectivity index (χ2n) is 11.1. The van der Waals surface area contributed by atoms with Crippen molar-refractivity contribution in [1.29, 1.82) is 0 Å². The van der Waals surface area contributed by atoms with Crippen LogP contribution < -0.4 is 4.74 Å². The van der Waals surface area contributed by atoms with Crippen LogP contribution in [-0.4, -0.2) is 29.9 Å². The van der Waals surface area contributed by atoms with Crippen LogP contribution in [-0.2, 0) is 17.5 Å². The third-order valence-electron chi connectivity index (χ3n) is 7.90. The van der Waals surface area contributed by atoms with E-state index >= 15 is 0 Å². The van der Waals surface area contributed by atoms with Gasteiger partial charge in [-0.25, -0.2) is 4.79 Å². The molecule has 4 aromatic carbocycles. The smallest absolute Gasteiger partial charge is 0.416 e. The highest BCUT2D eigenvalue weighted by Crippen LogP contribution is 2.43. The van der Waals surface area contributed by atoms with Crippen LogP contribution in [0.1, 0.15) is 58.1 Å². The quantitative estimate of drug-likeness (QED) is 0.193. The second-order valence-corrected chi connectivity index (χ2v) is 11.5. The predicted octanol–water partition coefficient (Wildman–Crippen LogP) is 9.60. The number of benzene rings is 4. The van der Waals surface area contributed by atoms with E-state index in [2.05, 4.69) is 0 Å². The Morgan fingerprint density at radius 3 is 2.32 bits per heavy atom. The maximum absolute atomic E-state index is 13.5. The van der Waals surface area contributed by atoms with E-state index in [9.17, 15) is 22.8 Å². The molecule has 1 aliphatic heterocycles. The first-order valence-electron chi connectivity index (χ1n) is 14.0. The molecule has 0 aliphatic carbocycles. The fourth-order valence-corrected chi connectivity index (χ4v) is 5.96. The molecule has 1 amide bonds. The topological polar surface area (TPSA) is 55.8 Å². The van der Waals surface area contributed by atoms with Crippen LogP contribution in [0, 0.1) is 13.8 Å². The second kappa shape index (κ2) is 12.0. The zero-order valence-corrected chi connectivity index (χ0v) is 25.6. The molecule has 228 valence electrons. The van der Waals surface area contributed by atoms with E-state index in [0.717, 1.165) is 45.5 Å². The Bertz CT molecular complexity index is 1770. The normalized spacial score (nSPS) is 16.7. The molecule has 9 heteroatoms. The number of ether oxygens (including phenoxy) is 2. The number of carbonyl (C=O) groups is 2. The summed E-state index contributed by atoms with van der Waals surface area (Å²) in [6.45, 7) is 6.80. The van der Waals surface area contributed by atoms with Gasteiger partial charge in [-0.2, -0.15) is 13.2 Å². The Labute approximate surface area is 259 Å². The summed E-state index contributed by atoms with van der Waals surface area (Å²) in [4.78, 5) is 26.5. The minimum atomic E-state index is -4.50. The van der Waals surface area contributed by atoms with Crippen LogP contribution in [0.15, 0.2) is 72.8 Å². The van der Waals surface area contributed by atoms with Gasteiger partial charge < -0.3 is 9.47 Å². The average molecular weight is 622 g/mol. The number of halogens is 4. The Morgan fingerprint density at radius 1 is 0.932 bits per heavy atom. The molecule has 5 nitrogen and oxygen atoms in total. The van der Waals surface area contributed by atoms with Gasteiger partial charge in [-0.05, 0) is 74.7 Å². The zero-order valence-electron chi connectivity index (χ0n) is 24.9. The van der Waals surface area contributed by atoms with Gasteiger partial charge in [0.25, 0.3) is 0 Å². The van der Waals surface area contributed by atoms with Gasteiger partial charge in [-0.15, -0.1) is 0 Å². The first-order valence-corrected chi connectivity index (χ1v) is 14.4. The fourth-order valence-electron chi connectivity index (χ4n) is 5.67. The molecule has 5 rings (SSSR count). The lowest BCUT2D eigenvalue weighted by Gasteiger charge is -2.24. The van der Waals surface area contributed by atoms with E-state index in [1.54, 1.807) is 38.3 Å². The maximum atomic E-state index is 13.5. The van der Waals surface area contributed by atoms with Crippen molar-refractivity contribution in [3.63, 3.8) is 0 Å². The van der Waals surface area contributed by atoms with Gasteiger partial charge in [0, 0.05) is 33.8 Å². The van der Waals surface area contributed by atoms with Crippen molar-refractivity contribution in [3.05, 3.63) is 111 Å². The minimum Gasteiger partial charge on any atom is -0.496 e. The number of carbonyl (C=O) groups excluding carboxylic acids is 2. The van der Waals surface area contributed by atoms with E-state index < -0.39 is 30.0 Å². The standard InChI is InChI=1S/C35H31ClF3NO4/c1-19-6-9-28(29-16-25(8-11-32(29)43-5)27-10-7-24(22(4)41)17-31(27)36)30(14-19)33-21(3)40(34(42)44-33)18-23-12-20(2)13-26(15-23)35(37,38)39/h6-17,21,33H,18H2,1-5H3/t21-,33?/m1/s1. The molecule has 0 radical (unpaired) electrons. The van der Waals surface area contributed by atoms with Gasteiger partial charge in [0.2, 0.25) is 0 Å². The molecule has 1 unspecified atom stereocenters. The number of aryl methyl sites for hydroxylation is 2. The molecule has 1 aliphatic rings. The predicted molar refractivity (Wildman–Crippen MR) is 164 cm³/mol. The Hall–Kier alpha value is -4.30. The van der Waals surface area contributed by atoms with Crippen molar-refractivity contribution < 1.29 is 32.2 Å². The third kappa shape index (κ3) is 6.17. The molecule has 0 saturated carbocycles. The summed E-state index contributed by atoms with van der Waals surface area (Å²) in [5, 5.41) is 0.428. The number of amides is 1. The van der Waals surface area contributed by atoms with Crippen molar-refractivity contribution >= 4 is 23.5 Å². The lowest BCUT2D eigenvalue weighted by atomic mass is 9.89. The number of Topliss-reactive ketones (excluding diaryl/α,β-unsaturated/α-hetero) is 1. The van der Waals surface area contributed by atoms with Gasteiger partial charge in [-0.1, -0.05) is 65.2 Å². The van der Waals surface area contributed by atoms with E-state index in [1.807, 2.05) is 50.2 Å². The van der Waals surface area contributed by atoms with Gasteiger partial charge in [0.05, 0.1) is 18.7 Å². The maximum Gasteiger partial charge on any atom is 0.416 e. The number of ketones is 1.